The lowest BCUT2D eigenvalue weighted by Gasteiger charge is -2.36. The summed E-state index contributed by atoms with van der Waals surface area (Å²) in [5, 5.41) is 14.2. The summed E-state index contributed by atoms with van der Waals surface area (Å²) < 4.78 is 8.59. The summed E-state index contributed by atoms with van der Waals surface area (Å²) in [5.74, 6) is 0. The van der Waals surface area contributed by atoms with Crippen LogP contribution < -0.4 is 5.32 Å². The Balaban J connectivity index is 2.13. The van der Waals surface area contributed by atoms with Crippen molar-refractivity contribution in [2.75, 3.05) is 13.2 Å². The fraction of sp³-hybridized carbons (Fsp3) is 0.579. The number of ether oxygens (including phenoxy) is 1. The Bertz CT molecular complexity index is 677. The molecular formula is C19H28N2O2. The highest BCUT2D eigenvalue weighted by molar-refractivity contribution is 5.86. The average molecular weight is 316 g/mol. The van der Waals surface area contributed by atoms with E-state index >= 15 is 0 Å². The number of hydrogen-bond donors (Lipinski definition) is 2. The summed E-state index contributed by atoms with van der Waals surface area (Å²) in [5.41, 5.74) is 3.64. The Hall–Kier alpha value is -1.36. The van der Waals surface area contributed by atoms with E-state index in [4.69, 9.17) is 4.74 Å². The van der Waals surface area contributed by atoms with Crippen LogP contribution in [0.1, 0.15) is 44.9 Å². The standard InChI is InChI=1S/C19H28N2O2/c1-14(2)20-13-21-17-8-5-4-7-15(17)16-9-12-23-19(3,18(16)21)10-6-11-22/h4-5,7-8,14,20,22H,6,9-13H2,1-3H3. The van der Waals surface area contributed by atoms with Crippen LogP contribution in [0.5, 0.6) is 0 Å². The molecule has 2 aromatic rings. The Kier molecular flexibility index (Phi) is 4.76. The highest BCUT2D eigenvalue weighted by atomic mass is 16.5. The van der Waals surface area contributed by atoms with Crippen molar-refractivity contribution in [3.63, 3.8) is 0 Å². The number of fused-ring (bicyclic) bond motifs is 3. The number of nitrogens with zero attached hydrogens (tertiary/aromatic N) is 1. The van der Waals surface area contributed by atoms with Crippen molar-refractivity contribution < 1.29 is 9.84 Å². The van der Waals surface area contributed by atoms with E-state index in [0.29, 0.717) is 6.04 Å². The second kappa shape index (κ2) is 6.63. The normalized spacial score (nSPS) is 21.1. The molecule has 1 aromatic heterocycles. The van der Waals surface area contributed by atoms with Gasteiger partial charge in [-0.2, -0.15) is 0 Å². The molecule has 1 aliphatic heterocycles. The molecular weight excluding hydrogens is 288 g/mol. The lowest BCUT2D eigenvalue weighted by Crippen LogP contribution is -2.37. The first kappa shape index (κ1) is 16.5. The number of aromatic nitrogens is 1. The van der Waals surface area contributed by atoms with Gasteiger partial charge in [-0.15, -0.1) is 0 Å². The lowest BCUT2D eigenvalue weighted by molar-refractivity contribution is -0.0608. The van der Waals surface area contributed by atoms with Crippen LogP contribution >= 0.6 is 0 Å². The fourth-order valence-electron chi connectivity index (χ4n) is 3.72. The van der Waals surface area contributed by atoms with Gasteiger partial charge >= 0.3 is 0 Å². The first-order chi connectivity index (χ1) is 11.1. The van der Waals surface area contributed by atoms with E-state index < -0.39 is 0 Å². The molecule has 0 fully saturated rings. The van der Waals surface area contributed by atoms with E-state index in [0.717, 1.165) is 32.5 Å². The van der Waals surface area contributed by atoms with Gasteiger partial charge in [0.15, 0.2) is 0 Å². The number of hydrogen-bond acceptors (Lipinski definition) is 3. The number of benzene rings is 1. The molecule has 0 radical (unpaired) electrons. The molecule has 1 atom stereocenters. The Morgan fingerprint density at radius 3 is 2.87 bits per heavy atom. The van der Waals surface area contributed by atoms with E-state index in [9.17, 15) is 5.11 Å². The summed E-state index contributed by atoms with van der Waals surface area (Å²) in [6, 6.07) is 9.06. The largest absolute Gasteiger partial charge is 0.396 e. The van der Waals surface area contributed by atoms with Gasteiger partial charge in [-0.1, -0.05) is 18.2 Å². The van der Waals surface area contributed by atoms with Crippen LogP contribution in [0, 0.1) is 0 Å². The van der Waals surface area contributed by atoms with E-state index in [2.05, 4.69) is 54.9 Å². The van der Waals surface area contributed by atoms with Crippen LogP contribution in [0.15, 0.2) is 24.3 Å². The van der Waals surface area contributed by atoms with Crippen molar-refractivity contribution in [3.8, 4) is 0 Å². The number of nitrogens with one attached hydrogen (secondary N) is 1. The van der Waals surface area contributed by atoms with Crippen molar-refractivity contribution in [2.24, 2.45) is 0 Å². The molecule has 126 valence electrons. The van der Waals surface area contributed by atoms with Gasteiger partial charge in [0.05, 0.1) is 19.0 Å². The van der Waals surface area contributed by atoms with Crippen molar-refractivity contribution in [2.45, 2.75) is 58.3 Å². The van der Waals surface area contributed by atoms with Gasteiger partial charge in [0.2, 0.25) is 0 Å². The SMILES string of the molecule is CC(C)NCn1c2c(c3ccccc31)CCOC2(C)CCCO. The van der Waals surface area contributed by atoms with E-state index in [1.54, 1.807) is 0 Å². The van der Waals surface area contributed by atoms with Gasteiger partial charge in [-0.3, -0.25) is 5.32 Å². The summed E-state index contributed by atoms with van der Waals surface area (Å²) in [7, 11) is 0. The van der Waals surface area contributed by atoms with Gasteiger partial charge in [0.25, 0.3) is 0 Å². The van der Waals surface area contributed by atoms with Gasteiger partial charge in [-0.25, -0.2) is 0 Å². The first-order valence-corrected chi connectivity index (χ1v) is 8.65. The molecule has 0 amide bonds. The van der Waals surface area contributed by atoms with Crippen molar-refractivity contribution in [1.29, 1.82) is 0 Å². The lowest BCUT2D eigenvalue weighted by atomic mass is 9.89. The highest BCUT2D eigenvalue weighted by Gasteiger charge is 2.37. The van der Waals surface area contributed by atoms with Crippen LogP contribution in [-0.2, 0) is 23.4 Å². The third-order valence-corrected chi connectivity index (χ3v) is 4.82. The number of aliphatic hydroxyl groups is 1. The minimum absolute atomic E-state index is 0.207. The van der Waals surface area contributed by atoms with Crippen LogP contribution in [0.25, 0.3) is 10.9 Å². The zero-order valence-corrected chi connectivity index (χ0v) is 14.4. The monoisotopic (exact) mass is 316 g/mol. The topological polar surface area (TPSA) is 46.4 Å². The van der Waals surface area contributed by atoms with Crippen molar-refractivity contribution in [3.05, 3.63) is 35.5 Å². The molecule has 0 saturated carbocycles. The Morgan fingerprint density at radius 1 is 1.35 bits per heavy atom. The molecule has 0 aliphatic carbocycles. The predicted molar refractivity (Wildman–Crippen MR) is 93.5 cm³/mol. The third kappa shape index (κ3) is 3.03. The van der Waals surface area contributed by atoms with Crippen LogP contribution in [0.3, 0.4) is 0 Å². The minimum atomic E-state index is -0.325. The molecule has 1 aliphatic rings. The van der Waals surface area contributed by atoms with Gasteiger partial charge in [0.1, 0.15) is 5.60 Å². The Morgan fingerprint density at radius 2 is 2.13 bits per heavy atom. The number of para-hydroxylation sites is 1. The molecule has 2 heterocycles. The summed E-state index contributed by atoms with van der Waals surface area (Å²) in [6.07, 6.45) is 2.56. The fourth-order valence-corrected chi connectivity index (χ4v) is 3.72. The second-order valence-corrected chi connectivity index (χ2v) is 6.95. The Labute approximate surface area is 138 Å². The van der Waals surface area contributed by atoms with Gasteiger partial charge in [-0.05, 0) is 51.7 Å². The minimum Gasteiger partial charge on any atom is -0.396 e. The number of aliphatic hydroxyl groups excluding tert-OH is 1. The molecule has 1 unspecified atom stereocenters. The molecule has 0 spiro atoms. The molecule has 2 N–H and O–H groups in total. The smallest absolute Gasteiger partial charge is 0.106 e. The summed E-state index contributed by atoms with van der Waals surface area (Å²) >= 11 is 0. The second-order valence-electron chi connectivity index (χ2n) is 6.95. The maximum Gasteiger partial charge on any atom is 0.106 e. The molecule has 4 heteroatoms. The first-order valence-electron chi connectivity index (χ1n) is 8.65. The summed E-state index contributed by atoms with van der Waals surface area (Å²) in [6.45, 7) is 8.25. The zero-order valence-electron chi connectivity index (χ0n) is 14.4. The molecule has 23 heavy (non-hydrogen) atoms. The molecule has 1 aromatic carbocycles. The maximum absolute atomic E-state index is 9.27. The maximum atomic E-state index is 9.27. The molecule has 0 bridgehead atoms. The van der Waals surface area contributed by atoms with E-state index in [1.165, 1.54) is 22.2 Å². The molecule has 4 nitrogen and oxygen atoms in total. The third-order valence-electron chi connectivity index (χ3n) is 4.82. The predicted octanol–water partition coefficient (Wildman–Crippen LogP) is 3.16. The van der Waals surface area contributed by atoms with Crippen molar-refractivity contribution >= 4 is 10.9 Å². The van der Waals surface area contributed by atoms with Crippen LogP contribution in [0.4, 0.5) is 0 Å². The quantitative estimate of drug-likeness (QED) is 0.860. The van der Waals surface area contributed by atoms with E-state index in [1.807, 2.05) is 0 Å². The molecule has 0 saturated heterocycles. The van der Waals surface area contributed by atoms with Gasteiger partial charge in [0, 0.05) is 23.6 Å². The molecule has 3 rings (SSSR count). The highest BCUT2D eigenvalue weighted by Crippen LogP contribution is 2.41. The zero-order chi connectivity index (χ0) is 16.4. The van der Waals surface area contributed by atoms with Gasteiger partial charge < -0.3 is 14.4 Å². The average Bonchev–Trinajstić information content (AvgIpc) is 2.87. The van der Waals surface area contributed by atoms with E-state index in [-0.39, 0.29) is 12.2 Å². The van der Waals surface area contributed by atoms with Crippen LogP contribution in [0.2, 0.25) is 0 Å². The summed E-state index contributed by atoms with van der Waals surface area (Å²) in [4.78, 5) is 0. The van der Waals surface area contributed by atoms with Crippen molar-refractivity contribution in [1.82, 2.24) is 9.88 Å². The number of rotatable bonds is 6. The van der Waals surface area contributed by atoms with Crippen LogP contribution in [-0.4, -0.2) is 28.9 Å².